The van der Waals surface area contributed by atoms with Gasteiger partial charge in [-0.25, -0.2) is 0 Å². The molecule has 1 aliphatic carbocycles. The maximum Gasteiger partial charge on any atom is 0.326 e. The van der Waals surface area contributed by atoms with Crippen molar-refractivity contribution >= 4 is 5.97 Å². The topological polar surface area (TPSA) is 44.8 Å². The van der Waals surface area contributed by atoms with E-state index in [0.717, 1.165) is 45.3 Å². The van der Waals surface area contributed by atoms with E-state index in [0.29, 0.717) is 12.6 Å². The number of rotatable bonds is 8. The van der Waals surface area contributed by atoms with Gasteiger partial charge in [0.1, 0.15) is 5.54 Å². The van der Waals surface area contributed by atoms with E-state index in [4.69, 9.17) is 4.74 Å². The Morgan fingerprint density at radius 2 is 2.00 bits per heavy atom. The summed E-state index contributed by atoms with van der Waals surface area (Å²) < 4.78 is 5.34. The zero-order chi connectivity index (χ0) is 15.9. The van der Waals surface area contributed by atoms with Gasteiger partial charge in [0, 0.05) is 19.1 Å². The third kappa shape index (κ3) is 5.24. The van der Waals surface area contributed by atoms with E-state index in [2.05, 4.69) is 43.2 Å². The van der Waals surface area contributed by atoms with Crippen LogP contribution in [0.2, 0.25) is 0 Å². The second-order valence-electron chi connectivity index (χ2n) is 6.37. The van der Waals surface area contributed by atoms with Crippen molar-refractivity contribution in [1.29, 1.82) is 0 Å². The van der Waals surface area contributed by atoms with Gasteiger partial charge in [0.25, 0.3) is 0 Å². The molecular weight excluding hydrogens is 266 g/mol. The zero-order valence-corrected chi connectivity index (χ0v) is 14.4. The van der Waals surface area contributed by atoms with Gasteiger partial charge in [0.05, 0.1) is 6.61 Å². The first-order valence-electron chi connectivity index (χ1n) is 8.22. The molecule has 0 aliphatic heterocycles. The average molecular weight is 299 g/mol. The first kappa shape index (κ1) is 18.4. The van der Waals surface area contributed by atoms with Crippen LogP contribution >= 0.6 is 0 Å². The smallest absolute Gasteiger partial charge is 0.326 e. The Kier molecular flexibility index (Phi) is 7.63. The van der Waals surface area contributed by atoms with E-state index in [-0.39, 0.29) is 5.97 Å². The molecule has 5 nitrogen and oxygen atoms in total. The summed E-state index contributed by atoms with van der Waals surface area (Å²) in [5.41, 5.74) is -0.486. The lowest BCUT2D eigenvalue weighted by atomic mass is 9.78. The van der Waals surface area contributed by atoms with Crippen molar-refractivity contribution < 1.29 is 9.53 Å². The third-order valence-electron chi connectivity index (χ3n) is 4.43. The molecule has 1 saturated carbocycles. The van der Waals surface area contributed by atoms with Gasteiger partial charge in [-0.15, -0.1) is 0 Å². The van der Waals surface area contributed by atoms with Gasteiger partial charge in [-0.1, -0.05) is 6.92 Å². The SMILES string of the molecule is CCNC1(C(=O)OCC)CCCC(N(C)CCN(C)C)C1. The molecule has 0 amide bonds. The van der Waals surface area contributed by atoms with E-state index in [1.165, 1.54) is 0 Å². The molecule has 21 heavy (non-hydrogen) atoms. The number of carbonyl (C=O) groups excluding carboxylic acids is 1. The number of carbonyl (C=O) groups is 1. The quantitative estimate of drug-likeness (QED) is 0.685. The molecule has 1 rings (SSSR count). The van der Waals surface area contributed by atoms with E-state index >= 15 is 0 Å². The third-order valence-corrected chi connectivity index (χ3v) is 4.43. The van der Waals surface area contributed by atoms with Crippen molar-refractivity contribution in [1.82, 2.24) is 15.1 Å². The molecule has 5 heteroatoms. The maximum atomic E-state index is 12.4. The van der Waals surface area contributed by atoms with Gasteiger partial charge in [0.2, 0.25) is 0 Å². The Hall–Kier alpha value is -0.650. The molecule has 0 aromatic heterocycles. The first-order chi connectivity index (χ1) is 9.95. The molecule has 0 saturated heterocycles. The van der Waals surface area contributed by atoms with Crippen molar-refractivity contribution in [2.45, 2.75) is 51.1 Å². The minimum absolute atomic E-state index is 0.0717. The number of likely N-dealkylation sites (N-methyl/N-ethyl adjacent to an activating group) is 3. The fraction of sp³-hybridized carbons (Fsp3) is 0.938. The highest BCUT2D eigenvalue weighted by Crippen LogP contribution is 2.32. The molecule has 2 unspecified atom stereocenters. The van der Waals surface area contributed by atoms with Crippen LogP contribution in [0.15, 0.2) is 0 Å². The lowest BCUT2D eigenvalue weighted by Crippen LogP contribution is -2.58. The van der Waals surface area contributed by atoms with Gasteiger partial charge in [-0.3, -0.25) is 4.79 Å². The van der Waals surface area contributed by atoms with Gasteiger partial charge >= 0.3 is 5.97 Å². The number of ether oxygens (including phenoxy) is 1. The molecule has 0 heterocycles. The second-order valence-corrected chi connectivity index (χ2v) is 6.37. The largest absolute Gasteiger partial charge is 0.465 e. The highest BCUT2D eigenvalue weighted by Gasteiger charge is 2.44. The highest BCUT2D eigenvalue weighted by atomic mass is 16.5. The van der Waals surface area contributed by atoms with Crippen LogP contribution in [-0.4, -0.2) is 74.7 Å². The Balaban J connectivity index is 2.71. The maximum absolute atomic E-state index is 12.4. The second kappa shape index (κ2) is 8.71. The number of hydrogen-bond acceptors (Lipinski definition) is 5. The lowest BCUT2D eigenvalue weighted by Gasteiger charge is -2.42. The van der Waals surface area contributed by atoms with Crippen LogP contribution in [0.25, 0.3) is 0 Å². The summed E-state index contributed by atoms with van der Waals surface area (Å²) in [6, 6.07) is 0.446. The number of esters is 1. The van der Waals surface area contributed by atoms with Crippen LogP contribution in [-0.2, 0) is 9.53 Å². The van der Waals surface area contributed by atoms with Crippen molar-refractivity contribution in [3.8, 4) is 0 Å². The zero-order valence-electron chi connectivity index (χ0n) is 14.4. The average Bonchev–Trinajstić information content (AvgIpc) is 2.45. The molecule has 0 bridgehead atoms. The fourth-order valence-electron chi connectivity index (χ4n) is 3.19. The van der Waals surface area contributed by atoms with E-state index < -0.39 is 5.54 Å². The van der Waals surface area contributed by atoms with Crippen LogP contribution in [0.5, 0.6) is 0 Å². The molecule has 124 valence electrons. The molecule has 0 radical (unpaired) electrons. The van der Waals surface area contributed by atoms with Crippen molar-refractivity contribution in [2.75, 3.05) is 47.4 Å². The molecule has 0 aromatic rings. The lowest BCUT2D eigenvalue weighted by molar-refractivity contribution is -0.153. The molecule has 2 atom stereocenters. The Labute approximate surface area is 130 Å². The van der Waals surface area contributed by atoms with Crippen LogP contribution in [0.4, 0.5) is 0 Å². The molecule has 0 spiro atoms. The summed E-state index contributed by atoms with van der Waals surface area (Å²) in [6.45, 7) is 7.25. The predicted octanol–water partition coefficient (Wildman–Crippen LogP) is 1.33. The summed E-state index contributed by atoms with van der Waals surface area (Å²) in [4.78, 5) is 17.0. The molecular formula is C16H33N3O2. The number of nitrogens with zero attached hydrogens (tertiary/aromatic N) is 2. The van der Waals surface area contributed by atoms with Crippen molar-refractivity contribution in [2.24, 2.45) is 0 Å². The van der Waals surface area contributed by atoms with Gasteiger partial charge in [-0.05, 0) is 60.3 Å². The Morgan fingerprint density at radius 3 is 2.57 bits per heavy atom. The van der Waals surface area contributed by atoms with Gasteiger partial charge < -0.3 is 19.9 Å². The van der Waals surface area contributed by atoms with Crippen molar-refractivity contribution in [3.05, 3.63) is 0 Å². The summed E-state index contributed by atoms with van der Waals surface area (Å²) in [6.07, 6.45) is 3.97. The normalized spacial score (nSPS) is 26.3. The standard InChI is InChI=1S/C16H33N3O2/c1-6-17-16(15(20)21-7-2)10-8-9-14(13-16)19(5)12-11-18(3)4/h14,17H,6-13H2,1-5H3. The molecule has 1 aliphatic rings. The number of hydrogen-bond donors (Lipinski definition) is 1. The van der Waals surface area contributed by atoms with Gasteiger partial charge in [0.15, 0.2) is 0 Å². The van der Waals surface area contributed by atoms with Crippen molar-refractivity contribution in [3.63, 3.8) is 0 Å². The van der Waals surface area contributed by atoms with Crippen LogP contribution < -0.4 is 5.32 Å². The highest BCUT2D eigenvalue weighted by molar-refractivity contribution is 5.81. The number of nitrogens with one attached hydrogen (secondary N) is 1. The summed E-state index contributed by atoms with van der Waals surface area (Å²) in [5.74, 6) is -0.0717. The molecule has 1 fully saturated rings. The minimum atomic E-state index is -0.486. The van der Waals surface area contributed by atoms with Crippen LogP contribution in [0.1, 0.15) is 39.5 Å². The molecule has 0 aromatic carbocycles. The Bertz CT molecular complexity index is 319. The first-order valence-corrected chi connectivity index (χ1v) is 8.22. The minimum Gasteiger partial charge on any atom is -0.465 e. The van der Waals surface area contributed by atoms with Crippen LogP contribution in [0.3, 0.4) is 0 Å². The van der Waals surface area contributed by atoms with Gasteiger partial charge in [-0.2, -0.15) is 0 Å². The molecule has 1 N–H and O–H groups in total. The Morgan fingerprint density at radius 1 is 1.29 bits per heavy atom. The summed E-state index contributed by atoms with van der Waals surface area (Å²) >= 11 is 0. The summed E-state index contributed by atoms with van der Waals surface area (Å²) in [7, 11) is 6.36. The van der Waals surface area contributed by atoms with Crippen LogP contribution in [0, 0.1) is 0 Å². The fourth-order valence-corrected chi connectivity index (χ4v) is 3.19. The predicted molar refractivity (Wildman–Crippen MR) is 86.5 cm³/mol. The van der Waals surface area contributed by atoms with E-state index in [1.54, 1.807) is 0 Å². The monoisotopic (exact) mass is 299 g/mol. The van der Waals surface area contributed by atoms with E-state index in [9.17, 15) is 4.79 Å². The van der Waals surface area contributed by atoms with E-state index in [1.807, 2.05) is 6.92 Å². The summed E-state index contributed by atoms with van der Waals surface area (Å²) in [5, 5.41) is 3.42.